The molecule has 0 spiro atoms. The molecule has 0 aromatic heterocycles. The van der Waals surface area contributed by atoms with E-state index in [4.69, 9.17) is 10.2 Å². The van der Waals surface area contributed by atoms with Gasteiger partial charge in [-0.3, -0.25) is 0 Å². The third-order valence-corrected chi connectivity index (χ3v) is 2.23. The van der Waals surface area contributed by atoms with E-state index in [9.17, 15) is 18.0 Å². The number of aliphatic carboxylic acids is 1. The molecule has 0 saturated heterocycles. The van der Waals surface area contributed by atoms with Crippen molar-refractivity contribution in [3.8, 4) is 0 Å². The molecule has 0 saturated carbocycles. The van der Waals surface area contributed by atoms with Crippen molar-refractivity contribution in [2.24, 2.45) is 0 Å². The highest BCUT2D eigenvalue weighted by atomic mass is 19.4. The zero-order valence-electron chi connectivity index (χ0n) is 9.24. The summed E-state index contributed by atoms with van der Waals surface area (Å²) in [5.74, 6) is -1.20. The summed E-state index contributed by atoms with van der Waals surface area (Å²) in [7, 11) is 0. The molecule has 98 valence electrons. The van der Waals surface area contributed by atoms with Crippen LogP contribution in [0.3, 0.4) is 0 Å². The predicted molar refractivity (Wildman–Crippen MR) is 58.8 cm³/mol. The van der Waals surface area contributed by atoms with Gasteiger partial charge in [0.2, 0.25) is 0 Å². The Hall–Kier alpha value is -1.82. The van der Waals surface area contributed by atoms with Crippen molar-refractivity contribution in [3.63, 3.8) is 0 Å². The van der Waals surface area contributed by atoms with Gasteiger partial charge in [0.1, 0.15) is 0 Å². The van der Waals surface area contributed by atoms with E-state index >= 15 is 0 Å². The SMILES string of the molecule is O=C(O)C(=Cc1ccc(C(F)(F)F)cc1)CCO. The fourth-order valence-corrected chi connectivity index (χ4v) is 1.33. The fourth-order valence-electron chi connectivity index (χ4n) is 1.33. The van der Waals surface area contributed by atoms with E-state index in [2.05, 4.69) is 0 Å². The fraction of sp³-hybridized carbons (Fsp3) is 0.250. The van der Waals surface area contributed by atoms with Crippen LogP contribution in [0.25, 0.3) is 6.08 Å². The number of hydrogen-bond donors (Lipinski definition) is 2. The maximum atomic E-state index is 12.3. The average molecular weight is 260 g/mol. The van der Waals surface area contributed by atoms with Gasteiger partial charge in [0.05, 0.1) is 5.56 Å². The molecule has 1 aromatic rings. The van der Waals surface area contributed by atoms with Gasteiger partial charge in [-0.25, -0.2) is 4.79 Å². The number of aliphatic hydroxyl groups excluding tert-OH is 1. The van der Waals surface area contributed by atoms with Crippen LogP contribution in [0.1, 0.15) is 17.5 Å². The van der Waals surface area contributed by atoms with E-state index in [1.165, 1.54) is 18.2 Å². The first-order chi connectivity index (χ1) is 8.34. The van der Waals surface area contributed by atoms with Crippen molar-refractivity contribution in [2.45, 2.75) is 12.6 Å². The zero-order valence-corrected chi connectivity index (χ0v) is 9.24. The van der Waals surface area contributed by atoms with Crippen LogP contribution in [0, 0.1) is 0 Å². The second kappa shape index (κ2) is 5.68. The number of carboxylic acid groups (broad SMARTS) is 1. The highest BCUT2D eigenvalue weighted by Crippen LogP contribution is 2.29. The van der Waals surface area contributed by atoms with Gasteiger partial charge in [-0.15, -0.1) is 0 Å². The van der Waals surface area contributed by atoms with Crippen molar-refractivity contribution in [3.05, 3.63) is 41.0 Å². The lowest BCUT2D eigenvalue weighted by Gasteiger charge is -2.06. The number of carbonyl (C=O) groups is 1. The summed E-state index contributed by atoms with van der Waals surface area (Å²) in [5, 5.41) is 17.5. The molecule has 0 aliphatic rings. The van der Waals surface area contributed by atoms with Gasteiger partial charge in [0.25, 0.3) is 0 Å². The zero-order chi connectivity index (χ0) is 13.8. The first-order valence-corrected chi connectivity index (χ1v) is 5.06. The summed E-state index contributed by atoms with van der Waals surface area (Å²) < 4.78 is 36.9. The Morgan fingerprint density at radius 1 is 1.22 bits per heavy atom. The van der Waals surface area contributed by atoms with E-state index in [0.717, 1.165) is 12.1 Å². The largest absolute Gasteiger partial charge is 0.478 e. The van der Waals surface area contributed by atoms with Gasteiger partial charge in [0.15, 0.2) is 0 Å². The molecular weight excluding hydrogens is 249 g/mol. The molecule has 0 fully saturated rings. The molecule has 0 unspecified atom stereocenters. The molecule has 0 radical (unpaired) electrons. The molecule has 0 bridgehead atoms. The Bertz CT molecular complexity index is 447. The number of alkyl halides is 3. The number of halogens is 3. The lowest BCUT2D eigenvalue weighted by atomic mass is 10.1. The Morgan fingerprint density at radius 3 is 2.17 bits per heavy atom. The molecule has 18 heavy (non-hydrogen) atoms. The summed E-state index contributed by atoms with van der Waals surface area (Å²) in [6.45, 7) is -0.335. The van der Waals surface area contributed by atoms with Crippen LogP contribution in [0.5, 0.6) is 0 Å². The monoisotopic (exact) mass is 260 g/mol. The summed E-state index contributed by atoms with van der Waals surface area (Å²) in [6, 6.07) is 4.13. The maximum absolute atomic E-state index is 12.3. The molecule has 0 aliphatic heterocycles. The minimum atomic E-state index is -4.41. The molecule has 3 nitrogen and oxygen atoms in total. The van der Waals surface area contributed by atoms with Crippen LogP contribution in [0.2, 0.25) is 0 Å². The van der Waals surface area contributed by atoms with E-state index in [1.807, 2.05) is 0 Å². The lowest BCUT2D eigenvalue weighted by Crippen LogP contribution is -2.04. The normalized spacial score (nSPS) is 12.6. The van der Waals surface area contributed by atoms with Gasteiger partial charge in [-0.1, -0.05) is 12.1 Å². The summed E-state index contributed by atoms with van der Waals surface area (Å²) >= 11 is 0. The lowest BCUT2D eigenvalue weighted by molar-refractivity contribution is -0.137. The van der Waals surface area contributed by atoms with E-state index in [1.54, 1.807) is 0 Å². The third kappa shape index (κ3) is 3.89. The molecular formula is C12H11F3O3. The summed E-state index contributed by atoms with van der Waals surface area (Å²) in [6.07, 6.45) is -3.24. The minimum Gasteiger partial charge on any atom is -0.478 e. The van der Waals surface area contributed by atoms with Crippen LogP contribution >= 0.6 is 0 Å². The van der Waals surface area contributed by atoms with Crippen molar-refractivity contribution in [1.82, 2.24) is 0 Å². The second-order valence-corrected chi connectivity index (χ2v) is 3.57. The number of carboxylic acids is 1. The van der Waals surface area contributed by atoms with Gasteiger partial charge in [0, 0.05) is 18.6 Å². The van der Waals surface area contributed by atoms with E-state index in [-0.39, 0.29) is 18.6 Å². The molecule has 6 heteroatoms. The Morgan fingerprint density at radius 2 is 1.78 bits per heavy atom. The quantitative estimate of drug-likeness (QED) is 0.818. The predicted octanol–water partition coefficient (Wildman–Crippen LogP) is 2.56. The Kier molecular flexibility index (Phi) is 4.49. The topological polar surface area (TPSA) is 57.5 Å². The van der Waals surface area contributed by atoms with Gasteiger partial charge >= 0.3 is 12.1 Å². The summed E-state index contributed by atoms with van der Waals surface area (Å²) in [4.78, 5) is 10.8. The van der Waals surface area contributed by atoms with Crippen molar-refractivity contribution < 1.29 is 28.2 Å². The first-order valence-electron chi connectivity index (χ1n) is 5.06. The van der Waals surface area contributed by atoms with Crippen LogP contribution in [-0.4, -0.2) is 22.8 Å². The highest BCUT2D eigenvalue weighted by molar-refractivity contribution is 5.92. The van der Waals surface area contributed by atoms with Gasteiger partial charge < -0.3 is 10.2 Å². The van der Waals surface area contributed by atoms with Crippen LogP contribution in [0.4, 0.5) is 13.2 Å². The molecule has 2 N–H and O–H groups in total. The van der Waals surface area contributed by atoms with Crippen molar-refractivity contribution >= 4 is 12.0 Å². The standard InChI is InChI=1S/C12H11F3O3/c13-12(14,15)10-3-1-8(2-4-10)7-9(5-6-16)11(17)18/h1-4,7,16H,5-6H2,(H,17,18). The van der Waals surface area contributed by atoms with Crippen LogP contribution in [0.15, 0.2) is 29.8 Å². The summed E-state index contributed by atoms with van der Waals surface area (Å²) in [5.41, 5.74) is -0.509. The second-order valence-electron chi connectivity index (χ2n) is 3.57. The number of rotatable bonds is 4. The van der Waals surface area contributed by atoms with Gasteiger partial charge in [-0.05, 0) is 23.8 Å². The maximum Gasteiger partial charge on any atom is 0.416 e. The molecule has 0 atom stereocenters. The van der Waals surface area contributed by atoms with E-state index < -0.39 is 17.7 Å². The smallest absolute Gasteiger partial charge is 0.416 e. The molecule has 1 aromatic carbocycles. The highest BCUT2D eigenvalue weighted by Gasteiger charge is 2.29. The van der Waals surface area contributed by atoms with Crippen LogP contribution in [-0.2, 0) is 11.0 Å². The third-order valence-electron chi connectivity index (χ3n) is 2.23. The molecule has 0 aliphatic carbocycles. The van der Waals surface area contributed by atoms with Gasteiger partial charge in [-0.2, -0.15) is 13.2 Å². The average Bonchev–Trinajstić information content (AvgIpc) is 2.28. The number of aliphatic hydroxyl groups is 1. The van der Waals surface area contributed by atoms with Crippen molar-refractivity contribution in [1.29, 1.82) is 0 Å². The molecule has 1 rings (SSSR count). The van der Waals surface area contributed by atoms with Crippen LogP contribution < -0.4 is 0 Å². The Labute approximate surface area is 101 Å². The first kappa shape index (κ1) is 14.2. The van der Waals surface area contributed by atoms with E-state index in [0.29, 0.717) is 5.56 Å². The molecule has 0 heterocycles. The van der Waals surface area contributed by atoms with Crippen molar-refractivity contribution in [2.75, 3.05) is 6.61 Å². The number of hydrogen-bond acceptors (Lipinski definition) is 2. The molecule has 0 amide bonds. The Balaban J connectivity index is 2.98. The minimum absolute atomic E-state index is 0.0581. The number of benzene rings is 1.